The van der Waals surface area contributed by atoms with Crippen molar-refractivity contribution >= 4 is 5.91 Å². The Bertz CT molecular complexity index is 744. The van der Waals surface area contributed by atoms with Crippen molar-refractivity contribution in [1.82, 2.24) is 20.3 Å². The second-order valence-electron chi connectivity index (χ2n) is 7.57. The van der Waals surface area contributed by atoms with E-state index in [1.54, 1.807) is 11.0 Å². The Morgan fingerprint density at radius 3 is 2.68 bits per heavy atom. The molecule has 0 spiro atoms. The van der Waals surface area contributed by atoms with Gasteiger partial charge in [0.2, 0.25) is 11.8 Å². The highest BCUT2D eigenvalue weighted by molar-refractivity contribution is 5.92. The molecule has 1 saturated heterocycles. The van der Waals surface area contributed by atoms with Crippen molar-refractivity contribution in [3.05, 3.63) is 29.3 Å². The Balaban J connectivity index is 1.72. The largest absolute Gasteiger partial charge is 0.422 e. The second kappa shape index (κ2) is 6.59. The van der Waals surface area contributed by atoms with Crippen molar-refractivity contribution in [2.75, 3.05) is 19.7 Å². The fourth-order valence-electron chi connectivity index (χ4n) is 2.48. The third-order valence-corrected chi connectivity index (χ3v) is 4.05. The first-order chi connectivity index (χ1) is 11.8. The molecule has 8 nitrogen and oxygen atoms in total. The average molecular weight is 348 g/mol. The highest BCUT2D eigenvalue weighted by Crippen LogP contribution is 2.26. The van der Waals surface area contributed by atoms with Crippen LogP contribution in [0.5, 0.6) is 0 Å². The van der Waals surface area contributed by atoms with E-state index in [4.69, 9.17) is 13.7 Å². The molecule has 0 aliphatic carbocycles. The van der Waals surface area contributed by atoms with E-state index in [-0.39, 0.29) is 17.2 Å². The predicted octanol–water partition coefficient (Wildman–Crippen LogP) is 2.69. The van der Waals surface area contributed by atoms with Crippen LogP contribution in [-0.2, 0) is 10.2 Å². The fourth-order valence-corrected chi connectivity index (χ4v) is 2.48. The molecule has 1 aliphatic rings. The van der Waals surface area contributed by atoms with Gasteiger partial charge in [0.25, 0.3) is 5.91 Å². The first kappa shape index (κ1) is 17.6. The van der Waals surface area contributed by atoms with Crippen molar-refractivity contribution in [2.45, 2.75) is 52.1 Å². The standard InChI is InChI=1S/C17H24N4O4/c1-10(2)14-18-19-15(24-14)12-9-21(6-7-23-12)16(22)11-8-13(25-20-11)17(3,4)5/h8,10,12H,6-7,9H2,1-5H3/t12-/m0/s1. The fraction of sp³-hybridized carbons (Fsp3) is 0.647. The van der Waals surface area contributed by atoms with Crippen molar-refractivity contribution in [3.8, 4) is 0 Å². The van der Waals surface area contributed by atoms with Crippen LogP contribution in [0.15, 0.2) is 15.0 Å². The van der Waals surface area contributed by atoms with Gasteiger partial charge >= 0.3 is 0 Å². The number of morpholine rings is 1. The van der Waals surface area contributed by atoms with Crippen LogP contribution in [0.25, 0.3) is 0 Å². The molecule has 0 unspecified atom stereocenters. The zero-order valence-electron chi connectivity index (χ0n) is 15.3. The quantitative estimate of drug-likeness (QED) is 0.841. The van der Waals surface area contributed by atoms with Crippen LogP contribution in [0.2, 0.25) is 0 Å². The third kappa shape index (κ3) is 3.73. The summed E-state index contributed by atoms with van der Waals surface area (Å²) in [5, 5.41) is 12.0. The number of ether oxygens (including phenoxy) is 1. The summed E-state index contributed by atoms with van der Waals surface area (Å²) < 4.78 is 16.7. The Morgan fingerprint density at radius 2 is 2.08 bits per heavy atom. The van der Waals surface area contributed by atoms with Gasteiger partial charge in [0.1, 0.15) is 5.76 Å². The molecule has 0 saturated carbocycles. The topological polar surface area (TPSA) is 94.5 Å². The number of carbonyl (C=O) groups excluding carboxylic acids is 1. The number of nitrogens with zero attached hydrogens (tertiary/aromatic N) is 4. The zero-order chi connectivity index (χ0) is 18.2. The zero-order valence-corrected chi connectivity index (χ0v) is 15.3. The molecule has 2 aromatic heterocycles. The third-order valence-electron chi connectivity index (χ3n) is 4.05. The van der Waals surface area contributed by atoms with Crippen LogP contribution in [0, 0.1) is 0 Å². The molecular weight excluding hydrogens is 324 g/mol. The highest BCUT2D eigenvalue weighted by atomic mass is 16.5. The van der Waals surface area contributed by atoms with Gasteiger partial charge in [0.15, 0.2) is 11.8 Å². The van der Waals surface area contributed by atoms with E-state index in [9.17, 15) is 4.79 Å². The van der Waals surface area contributed by atoms with E-state index in [1.807, 2.05) is 34.6 Å². The summed E-state index contributed by atoms with van der Waals surface area (Å²) in [5.74, 6) is 1.61. The molecule has 0 aromatic carbocycles. The molecule has 0 bridgehead atoms. The summed E-state index contributed by atoms with van der Waals surface area (Å²) >= 11 is 0. The number of aromatic nitrogens is 3. The van der Waals surface area contributed by atoms with E-state index in [0.29, 0.717) is 42.9 Å². The lowest BCUT2D eigenvalue weighted by Gasteiger charge is -2.30. The first-order valence-electron chi connectivity index (χ1n) is 8.47. The van der Waals surface area contributed by atoms with Gasteiger partial charge in [0, 0.05) is 23.9 Å². The van der Waals surface area contributed by atoms with Gasteiger partial charge in [-0.15, -0.1) is 10.2 Å². The molecule has 1 aliphatic heterocycles. The Labute approximate surface area is 146 Å². The van der Waals surface area contributed by atoms with Crippen LogP contribution in [0.1, 0.15) is 74.7 Å². The number of hydrogen-bond acceptors (Lipinski definition) is 7. The van der Waals surface area contributed by atoms with E-state index < -0.39 is 6.10 Å². The van der Waals surface area contributed by atoms with Crippen LogP contribution in [0.4, 0.5) is 0 Å². The van der Waals surface area contributed by atoms with E-state index in [1.165, 1.54) is 0 Å². The Hall–Kier alpha value is -2.22. The maximum absolute atomic E-state index is 12.7. The maximum atomic E-state index is 12.7. The number of amides is 1. The molecule has 1 fully saturated rings. The molecular formula is C17H24N4O4. The Morgan fingerprint density at radius 1 is 1.32 bits per heavy atom. The van der Waals surface area contributed by atoms with Crippen LogP contribution in [0.3, 0.4) is 0 Å². The monoisotopic (exact) mass is 348 g/mol. The van der Waals surface area contributed by atoms with E-state index in [2.05, 4.69) is 15.4 Å². The smallest absolute Gasteiger partial charge is 0.276 e. The van der Waals surface area contributed by atoms with Crippen molar-refractivity contribution in [1.29, 1.82) is 0 Å². The normalized spacial score (nSPS) is 18.8. The van der Waals surface area contributed by atoms with Crippen LogP contribution in [-0.4, -0.2) is 45.9 Å². The molecule has 8 heteroatoms. The molecule has 1 amide bonds. The molecule has 136 valence electrons. The van der Waals surface area contributed by atoms with Crippen LogP contribution < -0.4 is 0 Å². The minimum atomic E-state index is -0.424. The molecule has 0 radical (unpaired) electrons. The van der Waals surface area contributed by atoms with Gasteiger partial charge in [-0.25, -0.2) is 0 Å². The lowest BCUT2D eigenvalue weighted by atomic mass is 9.93. The second-order valence-corrected chi connectivity index (χ2v) is 7.57. The summed E-state index contributed by atoms with van der Waals surface area (Å²) in [6, 6.07) is 1.70. The van der Waals surface area contributed by atoms with Crippen molar-refractivity contribution < 1.29 is 18.5 Å². The molecule has 1 atom stereocenters. The van der Waals surface area contributed by atoms with Crippen molar-refractivity contribution in [3.63, 3.8) is 0 Å². The minimum Gasteiger partial charge on any atom is -0.422 e. The average Bonchev–Trinajstić information content (AvgIpc) is 3.23. The lowest BCUT2D eigenvalue weighted by molar-refractivity contribution is -0.0353. The predicted molar refractivity (Wildman–Crippen MR) is 88.2 cm³/mol. The van der Waals surface area contributed by atoms with Gasteiger partial charge in [0.05, 0.1) is 13.2 Å². The highest BCUT2D eigenvalue weighted by Gasteiger charge is 2.32. The minimum absolute atomic E-state index is 0.147. The van der Waals surface area contributed by atoms with Gasteiger partial charge in [-0.3, -0.25) is 4.79 Å². The summed E-state index contributed by atoms with van der Waals surface area (Å²) in [6.45, 7) is 11.2. The molecule has 3 rings (SSSR count). The number of hydrogen-bond donors (Lipinski definition) is 0. The summed E-state index contributed by atoms with van der Waals surface area (Å²) in [4.78, 5) is 14.4. The molecule has 3 heterocycles. The van der Waals surface area contributed by atoms with Gasteiger partial charge in [-0.2, -0.15) is 0 Å². The maximum Gasteiger partial charge on any atom is 0.276 e. The van der Waals surface area contributed by atoms with E-state index in [0.717, 1.165) is 0 Å². The summed E-state index contributed by atoms with van der Waals surface area (Å²) in [5.41, 5.74) is 0.106. The summed E-state index contributed by atoms with van der Waals surface area (Å²) in [7, 11) is 0. The lowest BCUT2D eigenvalue weighted by Crippen LogP contribution is -2.42. The van der Waals surface area contributed by atoms with Gasteiger partial charge in [-0.05, 0) is 0 Å². The SMILES string of the molecule is CC(C)c1nnc([C@@H]2CN(C(=O)c3cc(C(C)(C)C)on3)CCO2)o1. The van der Waals surface area contributed by atoms with Crippen molar-refractivity contribution in [2.24, 2.45) is 0 Å². The number of carbonyl (C=O) groups is 1. The number of rotatable bonds is 3. The van der Waals surface area contributed by atoms with Gasteiger partial charge < -0.3 is 18.6 Å². The van der Waals surface area contributed by atoms with E-state index >= 15 is 0 Å². The molecule has 2 aromatic rings. The molecule has 0 N–H and O–H groups in total. The molecule has 25 heavy (non-hydrogen) atoms. The first-order valence-corrected chi connectivity index (χ1v) is 8.47. The van der Waals surface area contributed by atoms with Crippen LogP contribution >= 0.6 is 0 Å². The Kier molecular flexibility index (Phi) is 4.64. The van der Waals surface area contributed by atoms with Gasteiger partial charge in [-0.1, -0.05) is 39.8 Å². The summed E-state index contributed by atoms with van der Waals surface area (Å²) in [6.07, 6.45) is -0.424.